The van der Waals surface area contributed by atoms with E-state index < -0.39 is 0 Å². The smallest absolute Gasteiger partial charge is 0.266 e. The number of halogens is 1. The number of aromatic nitrogens is 2. The first-order chi connectivity index (χ1) is 9.70. The molecule has 1 aliphatic rings. The summed E-state index contributed by atoms with van der Waals surface area (Å²) in [5, 5.41) is 0. The van der Waals surface area contributed by atoms with Gasteiger partial charge in [-0.1, -0.05) is 30.3 Å². The van der Waals surface area contributed by atoms with Gasteiger partial charge in [-0.05, 0) is 22.9 Å². The molecule has 0 saturated carbocycles. The van der Waals surface area contributed by atoms with Crippen molar-refractivity contribution in [2.24, 2.45) is 0 Å². The van der Waals surface area contributed by atoms with Crippen LogP contribution in [0.3, 0.4) is 0 Å². The van der Waals surface area contributed by atoms with Gasteiger partial charge in [0.1, 0.15) is 10.3 Å². The molecule has 0 atom stereocenters. The van der Waals surface area contributed by atoms with Gasteiger partial charge in [-0.25, -0.2) is 9.97 Å². The number of rotatable bonds is 2. The van der Waals surface area contributed by atoms with E-state index in [2.05, 4.69) is 25.9 Å². The van der Waals surface area contributed by atoms with Gasteiger partial charge in [-0.2, -0.15) is 0 Å². The van der Waals surface area contributed by atoms with Crippen molar-refractivity contribution in [2.45, 2.75) is 6.92 Å². The summed E-state index contributed by atoms with van der Waals surface area (Å²) in [5.74, 6) is 0.763. The van der Waals surface area contributed by atoms with Crippen LogP contribution in [0.25, 0.3) is 11.3 Å². The third-order valence-corrected chi connectivity index (χ3v) is 3.61. The number of amides is 1. The summed E-state index contributed by atoms with van der Waals surface area (Å²) in [5.41, 5.74) is 1.63. The van der Waals surface area contributed by atoms with E-state index in [1.807, 2.05) is 37.3 Å². The highest BCUT2D eigenvalue weighted by molar-refractivity contribution is 9.10. The van der Waals surface area contributed by atoms with Crippen molar-refractivity contribution in [2.75, 3.05) is 18.1 Å². The number of nitrogens with zero attached hydrogens (tertiary/aromatic N) is 3. The van der Waals surface area contributed by atoms with Crippen LogP contribution in [0, 0.1) is 0 Å². The molecule has 6 heteroatoms. The molecule has 1 aromatic heterocycles. The molecule has 0 spiro atoms. The molecule has 1 aliphatic heterocycles. The third kappa shape index (κ3) is 2.16. The minimum absolute atomic E-state index is 0.00659. The molecule has 0 N–H and O–H groups in total. The fraction of sp³-hybridized carbons (Fsp3) is 0.214. The van der Waals surface area contributed by atoms with E-state index in [1.54, 1.807) is 4.90 Å². The number of carbonyl (C=O) groups excluding carboxylic acids is 1. The second-order valence-electron chi connectivity index (χ2n) is 4.28. The number of hydrogen-bond acceptors (Lipinski definition) is 4. The lowest BCUT2D eigenvalue weighted by molar-refractivity contribution is -0.121. The van der Waals surface area contributed by atoms with Gasteiger partial charge in [-0.15, -0.1) is 0 Å². The van der Waals surface area contributed by atoms with Crippen LogP contribution in [0.1, 0.15) is 6.92 Å². The summed E-state index contributed by atoms with van der Waals surface area (Å²) in [6, 6.07) is 9.70. The largest absolute Gasteiger partial charge is 0.465 e. The molecule has 0 aliphatic carbocycles. The van der Waals surface area contributed by atoms with Crippen LogP contribution in [-0.2, 0) is 4.79 Å². The number of anilines is 1. The maximum absolute atomic E-state index is 11.8. The van der Waals surface area contributed by atoms with E-state index in [0.717, 1.165) is 5.56 Å². The molecule has 2 aromatic rings. The molecule has 3 rings (SSSR count). The van der Waals surface area contributed by atoms with Gasteiger partial charge in [0.05, 0.1) is 0 Å². The van der Waals surface area contributed by atoms with E-state index in [9.17, 15) is 4.79 Å². The van der Waals surface area contributed by atoms with Gasteiger partial charge in [0.25, 0.3) is 11.8 Å². The average molecular weight is 334 g/mol. The number of fused-ring (bicyclic) bond motifs is 1. The topological polar surface area (TPSA) is 55.3 Å². The fourth-order valence-electron chi connectivity index (χ4n) is 2.10. The molecule has 0 bridgehead atoms. The number of carbonyl (C=O) groups is 1. The Morgan fingerprint density at radius 3 is 2.75 bits per heavy atom. The van der Waals surface area contributed by atoms with Crippen LogP contribution in [0.5, 0.6) is 5.88 Å². The minimum atomic E-state index is -0.101. The summed E-state index contributed by atoms with van der Waals surface area (Å²) >= 11 is 3.41. The molecular weight excluding hydrogens is 322 g/mol. The molecule has 1 aromatic carbocycles. The molecular formula is C14H12BrN3O2. The lowest BCUT2D eigenvalue weighted by atomic mass is 10.2. The summed E-state index contributed by atoms with van der Waals surface area (Å²) in [6.45, 7) is 2.45. The van der Waals surface area contributed by atoms with Crippen molar-refractivity contribution < 1.29 is 9.53 Å². The zero-order chi connectivity index (χ0) is 14.1. The highest BCUT2D eigenvalue weighted by Gasteiger charge is 2.28. The van der Waals surface area contributed by atoms with Gasteiger partial charge in [0, 0.05) is 12.1 Å². The Kier molecular flexibility index (Phi) is 3.40. The predicted octanol–water partition coefficient (Wildman–Crippen LogP) is 2.65. The quantitative estimate of drug-likeness (QED) is 0.847. The van der Waals surface area contributed by atoms with Gasteiger partial charge in [0.15, 0.2) is 12.4 Å². The second-order valence-corrected chi connectivity index (χ2v) is 5.04. The normalized spacial score (nSPS) is 13.9. The highest BCUT2D eigenvalue weighted by atomic mass is 79.9. The monoisotopic (exact) mass is 333 g/mol. The minimum Gasteiger partial charge on any atom is -0.465 e. The van der Waals surface area contributed by atoms with Crippen LogP contribution in [0.2, 0.25) is 0 Å². The van der Waals surface area contributed by atoms with Crippen LogP contribution in [0.15, 0.2) is 34.9 Å². The maximum Gasteiger partial charge on any atom is 0.266 e. The summed E-state index contributed by atoms with van der Waals surface area (Å²) in [7, 11) is 0. The van der Waals surface area contributed by atoms with E-state index in [4.69, 9.17) is 4.74 Å². The lowest BCUT2D eigenvalue weighted by Crippen LogP contribution is -2.39. The number of ether oxygens (including phenoxy) is 1. The molecule has 1 amide bonds. The van der Waals surface area contributed by atoms with Crippen molar-refractivity contribution in [3.05, 3.63) is 34.9 Å². The van der Waals surface area contributed by atoms with Crippen LogP contribution >= 0.6 is 15.9 Å². The second kappa shape index (κ2) is 5.20. The summed E-state index contributed by atoms with van der Waals surface area (Å²) < 4.78 is 5.95. The summed E-state index contributed by atoms with van der Waals surface area (Å²) in [6.07, 6.45) is 0. The van der Waals surface area contributed by atoms with Gasteiger partial charge in [0.2, 0.25) is 0 Å². The van der Waals surface area contributed by atoms with Crippen LogP contribution in [-0.4, -0.2) is 29.0 Å². The van der Waals surface area contributed by atoms with Crippen molar-refractivity contribution in [3.63, 3.8) is 0 Å². The van der Waals surface area contributed by atoms with Gasteiger partial charge < -0.3 is 4.74 Å². The molecule has 5 nitrogen and oxygen atoms in total. The maximum atomic E-state index is 11.8. The Hall–Kier alpha value is -1.95. The Morgan fingerprint density at radius 2 is 2.05 bits per heavy atom. The van der Waals surface area contributed by atoms with E-state index in [0.29, 0.717) is 28.5 Å². The fourth-order valence-corrected chi connectivity index (χ4v) is 2.58. The molecule has 20 heavy (non-hydrogen) atoms. The average Bonchev–Trinajstić information content (AvgIpc) is 2.48. The third-order valence-electron chi connectivity index (χ3n) is 3.06. The number of likely N-dealkylation sites (N-methyl/N-ethyl adjacent to an activating group) is 1. The van der Waals surface area contributed by atoms with Gasteiger partial charge in [-0.3, -0.25) is 9.69 Å². The first-order valence-electron chi connectivity index (χ1n) is 6.27. The Bertz CT molecular complexity index is 661. The van der Waals surface area contributed by atoms with Crippen molar-refractivity contribution in [1.29, 1.82) is 0 Å². The van der Waals surface area contributed by atoms with Gasteiger partial charge >= 0.3 is 0 Å². The van der Waals surface area contributed by atoms with Crippen LogP contribution < -0.4 is 9.64 Å². The molecule has 102 valence electrons. The zero-order valence-corrected chi connectivity index (χ0v) is 12.4. The SMILES string of the molecule is CCN1C(=O)COc2nc(Br)c(-c3ccccc3)nc21. The standard InChI is InChI=1S/C14H12BrN3O2/c1-2-18-10(19)8-20-14-13(18)16-11(12(15)17-14)9-6-4-3-5-7-9/h3-7H,2,8H2,1H3. The highest BCUT2D eigenvalue weighted by Crippen LogP contribution is 2.34. The number of hydrogen-bond donors (Lipinski definition) is 0. The Morgan fingerprint density at radius 1 is 1.30 bits per heavy atom. The number of benzene rings is 1. The van der Waals surface area contributed by atoms with E-state index in [-0.39, 0.29) is 12.5 Å². The Labute approximate surface area is 124 Å². The predicted molar refractivity (Wildman–Crippen MR) is 78.7 cm³/mol. The first-order valence-corrected chi connectivity index (χ1v) is 7.06. The van der Waals surface area contributed by atoms with E-state index in [1.165, 1.54) is 0 Å². The molecule has 0 fully saturated rings. The molecule has 0 saturated heterocycles. The Balaban J connectivity index is 2.15. The molecule has 0 radical (unpaired) electrons. The zero-order valence-electron chi connectivity index (χ0n) is 10.8. The van der Waals surface area contributed by atoms with Crippen molar-refractivity contribution >= 4 is 27.7 Å². The first kappa shape index (κ1) is 13.1. The lowest BCUT2D eigenvalue weighted by Gasteiger charge is -2.26. The summed E-state index contributed by atoms with van der Waals surface area (Å²) in [4.78, 5) is 22.3. The molecule has 0 unspecified atom stereocenters. The van der Waals surface area contributed by atoms with Crippen molar-refractivity contribution in [1.82, 2.24) is 9.97 Å². The van der Waals surface area contributed by atoms with Crippen LogP contribution in [0.4, 0.5) is 5.82 Å². The van der Waals surface area contributed by atoms with E-state index >= 15 is 0 Å². The van der Waals surface area contributed by atoms with Crippen molar-refractivity contribution in [3.8, 4) is 17.1 Å². The molecule has 2 heterocycles.